The molecule has 6 heteroatoms. The summed E-state index contributed by atoms with van der Waals surface area (Å²) in [7, 11) is 0. The summed E-state index contributed by atoms with van der Waals surface area (Å²) in [6, 6.07) is 15.6. The van der Waals surface area contributed by atoms with Crippen molar-refractivity contribution in [1.82, 2.24) is 14.9 Å². The number of amides is 1. The summed E-state index contributed by atoms with van der Waals surface area (Å²) in [5, 5.41) is 3.22. The lowest BCUT2D eigenvalue weighted by atomic mass is 9.88. The molecule has 1 N–H and O–H groups in total. The smallest absolute Gasteiger partial charge is 0.223 e. The van der Waals surface area contributed by atoms with Crippen LogP contribution in [0.5, 0.6) is 11.5 Å². The molecule has 1 heterocycles. The van der Waals surface area contributed by atoms with Crippen molar-refractivity contribution >= 4 is 16.9 Å². The molecule has 3 aromatic rings. The molecule has 1 saturated carbocycles. The van der Waals surface area contributed by atoms with Crippen molar-refractivity contribution in [2.45, 2.75) is 58.5 Å². The Bertz CT molecular complexity index is 1040. The van der Waals surface area contributed by atoms with Gasteiger partial charge in [-0.25, -0.2) is 4.98 Å². The minimum absolute atomic E-state index is 0.127. The Kier molecular flexibility index (Phi) is 7.30. The largest absolute Gasteiger partial charge is 0.490 e. The number of ether oxygens (including phenoxy) is 2. The van der Waals surface area contributed by atoms with Crippen LogP contribution in [0.3, 0.4) is 0 Å². The van der Waals surface area contributed by atoms with E-state index in [1.165, 1.54) is 6.42 Å². The molecule has 1 aliphatic rings. The summed E-state index contributed by atoms with van der Waals surface area (Å²) >= 11 is 0. The Morgan fingerprint density at radius 2 is 1.75 bits per heavy atom. The van der Waals surface area contributed by atoms with Gasteiger partial charge in [-0.1, -0.05) is 43.5 Å². The molecule has 2 aromatic carbocycles. The number of hydrogen-bond acceptors (Lipinski definition) is 4. The fourth-order valence-electron chi connectivity index (χ4n) is 4.51. The Balaban J connectivity index is 1.49. The summed E-state index contributed by atoms with van der Waals surface area (Å²) in [4.78, 5) is 17.7. The van der Waals surface area contributed by atoms with Crippen molar-refractivity contribution in [2.24, 2.45) is 5.92 Å². The van der Waals surface area contributed by atoms with Gasteiger partial charge in [-0.3, -0.25) is 4.79 Å². The van der Waals surface area contributed by atoms with Crippen molar-refractivity contribution < 1.29 is 14.3 Å². The molecule has 32 heavy (non-hydrogen) atoms. The minimum Gasteiger partial charge on any atom is -0.490 e. The van der Waals surface area contributed by atoms with Crippen molar-refractivity contribution in [1.29, 1.82) is 0 Å². The molecule has 1 amide bonds. The van der Waals surface area contributed by atoms with Crippen LogP contribution < -0.4 is 14.8 Å². The van der Waals surface area contributed by atoms with Crippen molar-refractivity contribution in [3.8, 4) is 11.5 Å². The van der Waals surface area contributed by atoms with E-state index < -0.39 is 0 Å². The zero-order valence-corrected chi connectivity index (χ0v) is 19.0. The van der Waals surface area contributed by atoms with E-state index in [1.54, 1.807) is 0 Å². The maximum absolute atomic E-state index is 12.8. The molecular formula is C26H33N3O3. The lowest BCUT2D eigenvalue weighted by Gasteiger charge is -2.23. The molecule has 1 fully saturated rings. The van der Waals surface area contributed by atoms with E-state index in [0.717, 1.165) is 54.0 Å². The molecule has 0 aliphatic heterocycles. The molecule has 1 unspecified atom stereocenters. The SMILES string of the molecule is CCOc1ccccc1OCCn1c(C(C)NC(=O)C2CCCCC2)nc2ccccc21. The maximum atomic E-state index is 12.8. The second-order valence-electron chi connectivity index (χ2n) is 8.40. The molecule has 1 atom stereocenters. The summed E-state index contributed by atoms with van der Waals surface area (Å²) < 4.78 is 13.9. The fraction of sp³-hybridized carbons (Fsp3) is 0.462. The van der Waals surface area contributed by atoms with Gasteiger partial charge in [-0.2, -0.15) is 0 Å². The van der Waals surface area contributed by atoms with Gasteiger partial charge < -0.3 is 19.4 Å². The van der Waals surface area contributed by atoms with Gasteiger partial charge in [0.25, 0.3) is 0 Å². The number of fused-ring (bicyclic) bond motifs is 1. The van der Waals surface area contributed by atoms with Crippen LogP contribution in [0.4, 0.5) is 0 Å². The third-order valence-electron chi connectivity index (χ3n) is 6.13. The third-order valence-corrected chi connectivity index (χ3v) is 6.13. The number of para-hydroxylation sites is 4. The van der Waals surface area contributed by atoms with Crippen LogP contribution in [0.25, 0.3) is 11.0 Å². The maximum Gasteiger partial charge on any atom is 0.223 e. The Labute approximate surface area is 189 Å². The highest BCUT2D eigenvalue weighted by molar-refractivity contribution is 5.80. The number of hydrogen-bond donors (Lipinski definition) is 1. The topological polar surface area (TPSA) is 65.4 Å². The zero-order valence-electron chi connectivity index (χ0n) is 19.0. The van der Waals surface area contributed by atoms with E-state index >= 15 is 0 Å². The first-order valence-electron chi connectivity index (χ1n) is 11.8. The molecule has 1 aromatic heterocycles. The van der Waals surface area contributed by atoms with Crippen LogP contribution >= 0.6 is 0 Å². The number of nitrogens with zero attached hydrogens (tertiary/aromatic N) is 2. The van der Waals surface area contributed by atoms with E-state index in [9.17, 15) is 4.79 Å². The molecule has 0 radical (unpaired) electrons. The first-order chi connectivity index (χ1) is 15.7. The highest BCUT2D eigenvalue weighted by atomic mass is 16.5. The van der Waals surface area contributed by atoms with Crippen molar-refractivity contribution in [2.75, 3.05) is 13.2 Å². The van der Waals surface area contributed by atoms with Gasteiger partial charge in [-0.05, 0) is 51.0 Å². The lowest BCUT2D eigenvalue weighted by Crippen LogP contribution is -2.35. The second kappa shape index (κ2) is 10.5. The summed E-state index contributed by atoms with van der Waals surface area (Å²) in [6.07, 6.45) is 5.50. The number of rotatable bonds is 9. The van der Waals surface area contributed by atoms with Crippen LogP contribution in [0, 0.1) is 5.92 Å². The number of carbonyl (C=O) groups excluding carboxylic acids is 1. The molecule has 170 valence electrons. The van der Waals surface area contributed by atoms with Gasteiger partial charge in [0.2, 0.25) is 5.91 Å². The van der Waals surface area contributed by atoms with Gasteiger partial charge in [0.15, 0.2) is 11.5 Å². The predicted octanol–water partition coefficient (Wildman–Crippen LogP) is 5.27. The highest BCUT2D eigenvalue weighted by Gasteiger charge is 2.24. The summed E-state index contributed by atoms with van der Waals surface area (Å²) in [6.45, 7) is 5.67. The molecule has 0 spiro atoms. The summed E-state index contributed by atoms with van der Waals surface area (Å²) in [5.41, 5.74) is 1.97. The molecule has 6 nitrogen and oxygen atoms in total. The van der Waals surface area contributed by atoms with Gasteiger partial charge in [0, 0.05) is 5.92 Å². The standard InChI is InChI=1S/C26H33N3O3/c1-3-31-23-15-9-10-16-24(23)32-18-17-29-22-14-8-7-13-21(22)28-25(29)19(2)27-26(30)20-11-5-4-6-12-20/h7-10,13-16,19-20H,3-6,11-12,17-18H2,1-2H3,(H,27,30). The van der Waals surface area contributed by atoms with E-state index in [1.807, 2.05) is 56.3 Å². The minimum atomic E-state index is -0.174. The highest BCUT2D eigenvalue weighted by Crippen LogP contribution is 2.28. The monoisotopic (exact) mass is 435 g/mol. The number of nitrogens with one attached hydrogen (secondary N) is 1. The van der Waals surface area contributed by atoms with Crippen LogP contribution in [-0.2, 0) is 11.3 Å². The van der Waals surface area contributed by atoms with Crippen LogP contribution in [0.2, 0.25) is 0 Å². The first kappa shape index (κ1) is 22.2. The van der Waals surface area contributed by atoms with Crippen LogP contribution in [-0.4, -0.2) is 28.7 Å². The normalized spacial score (nSPS) is 15.4. The van der Waals surface area contributed by atoms with Crippen LogP contribution in [0.15, 0.2) is 48.5 Å². The number of aromatic nitrogens is 2. The lowest BCUT2D eigenvalue weighted by molar-refractivity contribution is -0.126. The average molecular weight is 436 g/mol. The molecule has 1 aliphatic carbocycles. The van der Waals surface area contributed by atoms with Crippen molar-refractivity contribution in [3.63, 3.8) is 0 Å². The second-order valence-corrected chi connectivity index (χ2v) is 8.40. The zero-order chi connectivity index (χ0) is 22.3. The first-order valence-corrected chi connectivity index (χ1v) is 11.8. The Morgan fingerprint density at radius 3 is 2.50 bits per heavy atom. The molecular weight excluding hydrogens is 402 g/mol. The van der Waals surface area contributed by atoms with Crippen LogP contribution in [0.1, 0.15) is 57.8 Å². The molecule has 0 bridgehead atoms. The van der Waals surface area contributed by atoms with E-state index in [0.29, 0.717) is 19.8 Å². The van der Waals surface area contributed by atoms with Gasteiger partial charge in [0.05, 0.1) is 30.2 Å². The number of imidazole rings is 1. The average Bonchev–Trinajstić information content (AvgIpc) is 3.20. The molecule has 4 rings (SSSR count). The van der Waals surface area contributed by atoms with Gasteiger partial charge in [0.1, 0.15) is 12.4 Å². The van der Waals surface area contributed by atoms with E-state index in [2.05, 4.69) is 16.0 Å². The van der Waals surface area contributed by atoms with Crippen molar-refractivity contribution in [3.05, 3.63) is 54.4 Å². The number of benzene rings is 2. The predicted molar refractivity (Wildman–Crippen MR) is 126 cm³/mol. The fourth-order valence-corrected chi connectivity index (χ4v) is 4.51. The van der Waals surface area contributed by atoms with E-state index in [-0.39, 0.29) is 17.9 Å². The van der Waals surface area contributed by atoms with Gasteiger partial charge in [-0.15, -0.1) is 0 Å². The third kappa shape index (κ3) is 5.06. The summed E-state index contributed by atoms with van der Waals surface area (Å²) in [5.74, 6) is 2.62. The van der Waals surface area contributed by atoms with E-state index in [4.69, 9.17) is 14.5 Å². The Morgan fingerprint density at radius 1 is 1.06 bits per heavy atom. The number of carbonyl (C=O) groups is 1. The molecule has 0 saturated heterocycles. The van der Waals surface area contributed by atoms with Gasteiger partial charge >= 0.3 is 0 Å². The Hall–Kier alpha value is -3.02. The quantitative estimate of drug-likeness (QED) is 0.497.